The topological polar surface area (TPSA) is 53.4 Å². The first-order valence-corrected chi connectivity index (χ1v) is 11.4. The summed E-state index contributed by atoms with van der Waals surface area (Å²) >= 11 is 6.04. The molecule has 1 fully saturated rings. The van der Waals surface area contributed by atoms with E-state index in [1.54, 1.807) is 12.1 Å². The Hall–Kier alpha value is -2.64. The number of likely N-dealkylation sites (N-methyl/N-ethyl adjacent to an activating group) is 1. The summed E-state index contributed by atoms with van der Waals surface area (Å²) < 4.78 is 15.6. The van der Waals surface area contributed by atoms with Crippen molar-refractivity contribution in [3.8, 4) is 11.4 Å². The second kappa shape index (κ2) is 9.46. The molecule has 1 N–H and O–H groups in total. The lowest BCUT2D eigenvalue weighted by Crippen LogP contribution is -2.33. The summed E-state index contributed by atoms with van der Waals surface area (Å²) in [7, 11) is 2.15. The molecule has 1 aliphatic heterocycles. The van der Waals surface area contributed by atoms with Crippen molar-refractivity contribution in [1.82, 2.24) is 19.8 Å². The number of anilines is 1. The van der Waals surface area contributed by atoms with Crippen molar-refractivity contribution in [3.63, 3.8) is 0 Å². The average Bonchev–Trinajstić information content (AvgIpc) is 2.93. The molecular formula is C24H29ClFN5O. The third-order valence-electron chi connectivity index (χ3n) is 5.75. The zero-order chi connectivity index (χ0) is 22.8. The van der Waals surface area contributed by atoms with Crippen LogP contribution < -0.4 is 10.2 Å². The summed E-state index contributed by atoms with van der Waals surface area (Å²) in [5.74, 6) is 0.00555. The summed E-state index contributed by atoms with van der Waals surface area (Å²) in [5.41, 5.74) is 3.44. The number of hydrogen-bond acceptors (Lipinski definition) is 4. The molecule has 1 saturated heterocycles. The van der Waals surface area contributed by atoms with Crippen LogP contribution in [0.3, 0.4) is 0 Å². The highest BCUT2D eigenvalue weighted by Crippen LogP contribution is 2.30. The van der Waals surface area contributed by atoms with E-state index in [0.29, 0.717) is 11.4 Å². The molecule has 0 saturated carbocycles. The number of hydrogen-bond donors (Lipinski definition) is 1. The third kappa shape index (κ3) is 4.89. The van der Waals surface area contributed by atoms with Crippen LogP contribution in [-0.4, -0.2) is 59.6 Å². The Morgan fingerprint density at radius 1 is 1.16 bits per heavy atom. The molecule has 170 valence electrons. The van der Waals surface area contributed by atoms with Crippen molar-refractivity contribution < 1.29 is 9.18 Å². The van der Waals surface area contributed by atoms with Crippen molar-refractivity contribution in [2.24, 2.45) is 0 Å². The summed E-state index contributed by atoms with van der Waals surface area (Å²) in [6.45, 7) is 8.03. The maximum absolute atomic E-state index is 13.8. The Balaban J connectivity index is 1.76. The number of carbonyl (C=O) groups excluding carboxylic acids is 1. The highest BCUT2D eigenvalue weighted by Gasteiger charge is 2.19. The van der Waals surface area contributed by atoms with Gasteiger partial charge in [0, 0.05) is 36.9 Å². The average molecular weight is 458 g/mol. The predicted octanol–water partition coefficient (Wildman–Crippen LogP) is 4.16. The van der Waals surface area contributed by atoms with E-state index in [9.17, 15) is 9.18 Å². The number of imidazole rings is 1. The van der Waals surface area contributed by atoms with E-state index in [0.717, 1.165) is 49.3 Å². The minimum Gasteiger partial charge on any atom is -0.370 e. The van der Waals surface area contributed by atoms with Gasteiger partial charge in [-0.2, -0.15) is 0 Å². The van der Waals surface area contributed by atoms with Crippen LogP contribution in [0.5, 0.6) is 0 Å². The molecule has 2 heterocycles. The molecule has 0 bridgehead atoms. The van der Waals surface area contributed by atoms with Crippen LogP contribution in [-0.2, 0) is 11.3 Å². The van der Waals surface area contributed by atoms with Gasteiger partial charge in [-0.15, -0.1) is 0 Å². The van der Waals surface area contributed by atoms with Gasteiger partial charge in [0.25, 0.3) is 0 Å². The van der Waals surface area contributed by atoms with E-state index in [-0.39, 0.29) is 23.5 Å². The van der Waals surface area contributed by atoms with Crippen LogP contribution in [0.2, 0.25) is 5.02 Å². The number of benzene rings is 2. The minimum absolute atomic E-state index is 0.0297. The molecule has 0 aliphatic carbocycles. The molecule has 8 heteroatoms. The Morgan fingerprint density at radius 2 is 1.97 bits per heavy atom. The number of carbonyl (C=O) groups is 1. The summed E-state index contributed by atoms with van der Waals surface area (Å²) in [4.78, 5) is 22.2. The fraction of sp³-hybridized carbons (Fsp3) is 0.417. The van der Waals surface area contributed by atoms with Gasteiger partial charge in [0.05, 0.1) is 16.1 Å². The zero-order valence-corrected chi connectivity index (χ0v) is 19.5. The van der Waals surface area contributed by atoms with Gasteiger partial charge < -0.3 is 19.7 Å². The summed E-state index contributed by atoms with van der Waals surface area (Å²) in [6.07, 6.45) is 1.11. The van der Waals surface area contributed by atoms with Crippen molar-refractivity contribution in [2.75, 3.05) is 38.1 Å². The molecular weight excluding hydrogens is 429 g/mol. The number of aromatic nitrogens is 2. The van der Waals surface area contributed by atoms with Crippen LogP contribution in [0.4, 0.5) is 10.1 Å². The van der Waals surface area contributed by atoms with Crippen molar-refractivity contribution in [2.45, 2.75) is 32.9 Å². The minimum atomic E-state index is -0.482. The van der Waals surface area contributed by atoms with Crippen molar-refractivity contribution in [3.05, 3.63) is 47.2 Å². The first-order valence-electron chi connectivity index (χ1n) is 11.0. The van der Waals surface area contributed by atoms with Crippen LogP contribution in [0.15, 0.2) is 36.4 Å². The second-order valence-corrected chi connectivity index (χ2v) is 9.10. The molecule has 3 aromatic rings. The van der Waals surface area contributed by atoms with E-state index in [1.165, 1.54) is 6.07 Å². The van der Waals surface area contributed by atoms with Gasteiger partial charge in [-0.1, -0.05) is 11.6 Å². The van der Waals surface area contributed by atoms with Crippen LogP contribution in [0.1, 0.15) is 20.3 Å². The largest absolute Gasteiger partial charge is 0.370 e. The van der Waals surface area contributed by atoms with E-state index in [2.05, 4.69) is 34.3 Å². The number of amides is 1. The normalized spacial score (nSPS) is 15.4. The highest BCUT2D eigenvalue weighted by molar-refractivity contribution is 6.31. The molecule has 4 rings (SSSR count). The summed E-state index contributed by atoms with van der Waals surface area (Å²) in [6, 6.07) is 10.7. The molecule has 1 aromatic heterocycles. The standard InChI is InChI=1S/C24H29ClFN5O/c1-16(2)27-23(32)15-31-22-8-6-18(30-10-4-9-29(3)11-12-30)14-21(22)28-24(31)17-5-7-20(26)19(25)13-17/h5-8,13-14,16H,4,9-12,15H2,1-3H3,(H,27,32). The Morgan fingerprint density at radius 3 is 2.72 bits per heavy atom. The van der Waals surface area contributed by atoms with Gasteiger partial charge in [-0.25, -0.2) is 9.37 Å². The van der Waals surface area contributed by atoms with E-state index in [1.807, 2.05) is 24.5 Å². The van der Waals surface area contributed by atoms with Crippen molar-refractivity contribution >= 4 is 34.2 Å². The lowest BCUT2D eigenvalue weighted by atomic mass is 10.2. The maximum Gasteiger partial charge on any atom is 0.240 e. The molecule has 0 radical (unpaired) electrons. The van der Waals surface area contributed by atoms with E-state index >= 15 is 0 Å². The first-order chi connectivity index (χ1) is 15.3. The lowest BCUT2D eigenvalue weighted by Gasteiger charge is -2.22. The van der Waals surface area contributed by atoms with E-state index < -0.39 is 5.82 Å². The molecule has 6 nitrogen and oxygen atoms in total. The SMILES string of the molecule is CC(C)NC(=O)Cn1c(-c2ccc(F)c(Cl)c2)nc2cc(N3CCCN(C)CC3)ccc21. The predicted molar refractivity (Wildman–Crippen MR) is 128 cm³/mol. The quantitative estimate of drug-likeness (QED) is 0.625. The third-order valence-corrected chi connectivity index (χ3v) is 6.04. The number of fused-ring (bicyclic) bond motifs is 1. The molecule has 2 aromatic carbocycles. The van der Waals surface area contributed by atoms with Gasteiger partial charge in [0.1, 0.15) is 18.2 Å². The summed E-state index contributed by atoms with van der Waals surface area (Å²) in [5, 5.41) is 2.96. The molecule has 1 aliphatic rings. The van der Waals surface area contributed by atoms with Gasteiger partial charge in [-0.3, -0.25) is 4.79 Å². The van der Waals surface area contributed by atoms with E-state index in [4.69, 9.17) is 16.6 Å². The van der Waals surface area contributed by atoms with Gasteiger partial charge in [0.15, 0.2) is 0 Å². The van der Waals surface area contributed by atoms with Crippen molar-refractivity contribution in [1.29, 1.82) is 0 Å². The second-order valence-electron chi connectivity index (χ2n) is 8.69. The molecule has 1 amide bonds. The molecule has 32 heavy (non-hydrogen) atoms. The lowest BCUT2D eigenvalue weighted by molar-refractivity contribution is -0.122. The number of nitrogens with one attached hydrogen (secondary N) is 1. The monoisotopic (exact) mass is 457 g/mol. The van der Waals surface area contributed by atoms with Gasteiger partial charge in [-0.05, 0) is 70.3 Å². The number of halogens is 2. The van der Waals surface area contributed by atoms with Crippen LogP contribution in [0, 0.1) is 5.82 Å². The zero-order valence-electron chi connectivity index (χ0n) is 18.7. The number of rotatable bonds is 5. The Bertz CT molecular complexity index is 1130. The fourth-order valence-corrected chi connectivity index (χ4v) is 4.33. The van der Waals surface area contributed by atoms with Gasteiger partial charge >= 0.3 is 0 Å². The van der Waals surface area contributed by atoms with Gasteiger partial charge in [0.2, 0.25) is 5.91 Å². The number of nitrogens with zero attached hydrogens (tertiary/aromatic N) is 4. The Labute approximate surface area is 193 Å². The smallest absolute Gasteiger partial charge is 0.240 e. The fourth-order valence-electron chi connectivity index (χ4n) is 4.15. The van der Waals surface area contributed by atoms with Crippen LogP contribution >= 0.6 is 11.6 Å². The van der Waals surface area contributed by atoms with Crippen LogP contribution in [0.25, 0.3) is 22.4 Å². The molecule has 0 atom stereocenters. The first kappa shape index (κ1) is 22.6. The maximum atomic E-state index is 13.8. The Kier molecular flexibility index (Phi) is 6.67. The molecule has 0 spiro atoms. The highest BCUT2D eigenvalue weighted by atomic mass is 35.5. The molecule has 0 unspecified atom stereocenters.